The van der Waals surface area contributed by atoms with Gasteiger partial charge in [-0.1, -0.05) is 12.0 Å². The Morgan fingerprint density at radius 1 is 1.14 bits per heavy atom. The number of phenolic OH excluding ortho intramolecular Hbond substituents is 1. The molecule has 3 aliphatic heterocycles. The van der Waals surface area contributed by atoms with Crippen LogP contribution in [0.2, 0.25) is 0 Å². The topological polar surface area (TPSA) is 121 Å². The third kappa shape index (κ3) is 4.70. The highest BCUT2D eigenvalue weighted by Gasteiger charge is 2.45. The third-order valence-corrected chi connectivity index (χ3v) is 9.14. The molecule has 9 nitrogen and oxygen atoms in total. The molecule has 2 atom stereocenters. The molecule has 2 aromatic carbocycles. The summed E-state index contributed by atoms with van der Waals surface area (Å²) >= 11 is 0. The van der Waals surface area contributed by atoms with Crippen LogP contribution in [-0.4, -0.2) is 80.5 Å². The average molecular weight is 587 g/mol. The summed E-state index contributed by atoms with van der Waals surface area (Å²) in [7, 11) is 0. The van der Waals surface area contributed by atoms with Gasteiger partial charge in [0.25, 0.3) is 0 Å². The zero-order valence-corrected chi connectivity index (χ0v) is 23.6. The van der Waals surface area contributed by atoms with Gasteiger partial charge in [0.2, 0.25) is 0 Å². The number of anilines is 1. The summed E-state index contributed by atoms with van der Waals surface area (Å²) in [6, 6.07) is 5.13. The number of benzene rings is 2. The molecule has 11 heteroatoms. The lowest BCUT2D eigenvalue weighted by Gasteiger charge is -2.35. The Balaban J connectivity index is 1.39. The van der Waals surface area contributed by atoms with Crippen molar-refractivity contribution in [1.82, 2.24) is 19.9 Å². The van der Waals surface area contributed by atoms with E-state index in [9.17, 15) is 14.6 Å². The third-order valence-electron chi connectivity index (χ3n) is 9.14. The van der Waals surface area contributed by atoms with Crippen LogP contribution in [0, 0.1) is 24.0 Å². The summed E-state index contributed by atoms with van der Waals surface area (Å²) in [4.78, 5) is 17.9. The standard InChI is InChI=1S/C32H32F2N6O3/c1-2-22-25(33)6-5-18-11-20(41)13-23(26(18)22)28-27(34)29-24(14-36-28)30(39-15-19(35)12-21(42)16-39)38-31(37-29)43-17-32-7-3-9-40(32)10-4-8-32/h1,5-6,11,13-14,19,21,41-42H,3-4,7-10,12,15-17,35H2. The number of phenols is 1. The number of ether oxygens (including phenoxy) is 1. The molecule has 222 valence electrons. The number of pyridine rings is 1. The predicted octanol–water partition coefficient (Wildman–Crippen LogP) is 3.72. The number of terminal acetylenes is 1. The van der Waals surface area contributed by atoms with Gasteiger partial charge in [0.05, 0.1) is 22.6 Å². The van der Waals surface area contributed by atoms with Crippen molar-refractivity contribution in [2.75, 3.05) is 37.7 Å². The molecule has 4 aromatic rings. The van der Waals surface area contributed by atoms with Crippen LogP contribution in [-0.2, 0) is 0 Å². The molecule has 3 fully saturated rings. The Kier molecular flexibility index (Phi) is 6.80. The molecule has 2 unspecified atom stereocenters. The molecule has 0 radical (unpaired) electrons. The van der Waals surface area contributed by atoms with Crippen molar-refractivity contribution in [2.24, 2.45) is 5.73 Å². The second kappa shape index (κ2) is 10.6. The minimum absolute atomic E-state index is 0.0106. The molecule has 2 aromatic heterocycles. The monoisotopic (exact) mass is 586 g/mol. The van der Waals surface area contributed by atoms with Gasteiger partial charge < -0.3 is 25.6 Å². The summed E-state index contributed by atoms with van der Waals surface area (Å²) in [5, 5.41) is 22.0. The maximum absolute atomic E-state index is 16.6. The molecule has 0 saturated carbocycles. The lowest BCUT2D eigenvalue weighted by molar-refractivity contribution is 0.107. The Morgan fingerprint density at radius 3 is 2.67 bits per heavy atom. The molecule has 0 amide bonds. The van der Waals surface area contributed by atoms with Crippen LogP contribution < -0.4 is 15.4 Å². The van der Waals surface area contributed by atoms with E-state index in [-0.39, 0.29) is 57.6 Å². The Morgan fingerprint density at radius 2 is 1.93 bits per heavy atom. The summed E-state index contributed by atoms with van der Waals surface area (Å²) in [5.74, 6) is 1.12. The number of aromatic hydroxyl groups is 1. The Bertz CT molecular complexity index is 1770. The van der Waals surface area contributed by atoms with Gasteiger partial charge in [-0.15, -0.1) is 6.42 Å². The minimum Gasteiger partial charge on any atom is -0.508 e. The van der Waals surface area contributed by atoms with E-state index < -0.39 is 17.7 Å². The minimum atomic E-state index is -0.798. The second-order valence-corrected chi connectivity index (χ2v) is 11.9. The highest BCUT2D eigenvalue weighted by atomic mass is 19.1. The van der Waals surface area contributed by atoms with Crippen LogP contribution in [0.4, 0.5) is 14.6 Å². The number of β-amino-alcohol motifs (C(OH)–C–C–N with tert-alkyl or cyclic N) is 1. The summed E-state index contributed by atoms with van der Waals surface area (Å²) < 4.78 is 37.6. The zero-order valence-electron chi connectivity index (χ0n) is 23.6. The number of aliphatic hydroxyl groups excluding tert-OH is 1. The highest BCUT2D eigenvalue weighted by Crippen LogP contribution is 2.41. The van der Waals surface area contributed by atoms with Crippen LogP contribution in [0.25, 0.3) is 32.9 Å². The number of nitrogens with zero attached hydrogens (tertiary/aromatic N) is 5. The number of aliphatic hydroxyl groups is 1. The molecule has 0 bridgehead atoms. The van der Waals surface area contributed by atoms with E-state index in [1.165, 1.54) is 30.5 Å². The van der Waals surface area contributed by atoms with Crippen LogP contribution in [0.1, 0.15) is 37.7 Å². The number of fused-ring (bicyclic) bond motifs is 3. The van der Waals surface area contributed by atoms with Crippen molar-refractivity contribution < 1.29 is 23.7 Å². The van der Waals surface area contributed by atoms with E-state index in [4.69, 9.17) is 21.9 Å². The van der Waals surface area contributed by atoms with E-state index in [0.29, 0.717) is 36.2 Å². The number of aromatic nitrogens is 3. The number of hydrogen-bond donors (Lipinski definition) is 3. The van der Waals surface area contributed by atoms with Gasteiger partial charge in [0.15, 0.2) is 5.82 Å². The van der Waals surface area contributed by atoms with Crippen molar-refractivity contribution in [3.8, 4) is 35.4 Å². The number of rotatable bonds is 5. The van der Waals surface area contributed by atoms with Gasteiger partial charge in [-0.3, -0.25) is 9.88 Å². The molecule has 43 heavy (non-hydrogen) atoms. The van der Waals surface area contributed by atoms with Crippen LogP contribution in [0.3, 0.4) is 0 Å². The number of nitrogens with two attached hydrogens (primary N) is 1. The first-order valence-electron chi connectivity index (χ1n) is 14.6. The maximum atomic E-state index is 16.6. The number of piperidine rings is 1. The van der Waals surface area contributed by atoms with Crippen molar-refractivity contribution in [2.45, 2.75) is 49.8 Å². The van der Waals surface area contributed by atoms with Crippen LogP contribution in [0.5, 0.6) is 11.8 Å². The summed E-state index contributed by atoms with van der Waals surface area (Å²) in [5.41, 5.74) is 6.01. The van der Waals surface area contributed by atoms with Gasteiger partial charge in [0, 0.05) is 36.3 Å². The quantitative estimate of drug-likeness (QED) is 0.301. The molecule has 7 rings (SSSR count). The van der Waals surface area contributed by atoms with Crippen molar-refractivity contribution in [1.29, 1.82) is 0 Å². The van der Waals surface area contributed by atoms with Gasteiger partial charge in [0.1, 0.15) is 35.2 Å². The fourth-order valence-corrected chi connectivity index (χ4v) is 7.21. The summed E-state index contributed by atoms with van der Waals surface area (Å²) in [6.45, 7) is 3.08. The van der Waals surface area contributed by atoms with Gasteiger partial charge in [-0.05, 0) is 68.8 Å². The smallest absolute Gasteiger partial charge is 0.319 e. The molecule has 0 spiro atoms. The Hall–Kier alpha value is -4.11. The van der Waals surface area contributed by atoms with Gasteiger partial charge >= 0.3 is 6.01 Å². The molecule has 0 aliphatic carbocycles. The maximum Gasteiger partial charge on any atom is 0.319 e. The lowest BCUT2D eigenvalue weighted by atomic mass is 9.95. The normalized spacial score (nSPS) is 21.8. The molecule has 3 saturated heterocycles. The number of halogens is 2. The molecule has 5 heterocycles. The Labute approximate surface area is 247 Å². The van der Waals surface area contributed by atoms with Crippen LogP contribution >= 0.6 is 0 Å². The van der Waals surface area contributed by atoms with E-state index in [2.05, 4.69) is 20.8 Å². The molecule has 4 N–H and O–H groups in total. The fraction of sp³-hybridized carbons (Fsp3) is 0.406. The van der Waals surface area contributed by atoms with Crippen molar-refractivity contribution in [3.63, 3.8) is 0 Å². The fourth-order valence-electron chi connectivity index (χ4n) is 7.21. The van der Waals surface area contributed by atoms with Crippen molar-refractivity contribution >= 4 is 27.5 Å². The van der Waals surface area contributed by atoms with Crippen LogP contribution in [0.15, 0.2) is 30.5 Å². The average Bonchev–Trinajstić information content (AvgIpc) is 3.56. The molecular formula is C32H32F2N6O3. The predicted molar refractivity (Wildman–Crippen MR) is 159 cm³/mol. The first kappa shape index (κ1) is 27.7. The van der Waals surface area contributed by atoms with E-state index >= 15 is 4.39 Å². The second-order valence-electron chi connectivity index (χ2n) is 11.9. The number of hydrogen-bond acceptors (Lipinski definition) is 9. The first-order chi connectivity index (χ1) is 20.8. The molecule has 3 aliphatic rings. The van der Waals surface area contributed by atoms with Gasteiger partial charge in [-0.2, -0.15) is 9.97 Å². The van der Waals surface area contributed by atoms with E-state index in [1.807, 2.05) is 4.90 Å². The van der Waals surface area contributed by atoms with Gasteiger partial charge in [-0.25, -0.2) is 8.78 Å². The highest BCUT2D eigenvalue weighted by molar-refractivity contribution is 6.03. The van der Waals surface area contributed by atoms with E-state index in [0.717, 1.165) is 38.8 Å². The largest absolute Gasteiger partial charge is 0.508 e. The first-order valence-corrected chi connectivity index (χ1v) is 14.6. The zero-order chi connectivity index (χ0) is 29.9. The SMILES string of the molecule is C#Cc1c(F)ccc2cc(O)cc(-c3ncc4c(N5CC(N)CC(O)C5)nc(OCC56CCCN5CCC6)nc4c3F)c12. The van der Waals surface area contributed by atoms with Crippen molar-refractivity contribution in [3.05, 3.63) is 47.7 Å². The van der Waals surface area contributed by atoms with E-state index in [1.54, 1.807) is 0 Å². The summed E-state index contributed by atoms with van der Waals surface area (Å²) in [6.07, 6.45) is 11.1. The lowest BCUT2D eigenvalue weighted by Crippen LogP contribution is -2.49. The molecular weight excluding hydrogens is 554 g/mol.